The normalized spacial score (nSPS) is 27.9. The topological polar surface area (TPSA) is 74.6 Å². The summed E-state index contributed by atoms with van der Waals surface area (Å²) in [5, 5.41) is 23.7. The Morgan fingerprint density at radius 2 is 0.862 bits per heavy atom. The Kier molecular flexibility index (Phi) is 7.81. The quantitative estimate of drug-likeness (QED) is 0.582. The van der Waals surface area contributed by atoms with Crippen LogP contribution in [-0.4, -0.2) is 81.3 Å². The molecule has 0 aromatic heterocycles. The molecule has 0 spiro atoms. The van der Waals surface area contributed by atoms with Gasteiger partial charge in [0.15, 0.2) is 0 Å². The predicted molar refractivity (Wildman–Crippen MR) is 112 cm³/mol. The van der Waals surface area contributed by atoms with E-state index in [-0.39, 0.29) is 34.4 Å². The van der Waals surface area contributed by atoms with Crippen LogP contribution in [0.25, 0.3) is 0 Å². The minimum atomic E-state index is -0.299. The molecule has 2 rings (SSSR count). The first-order valence-corrected chi connectivity index (χ1v) is 11.0. The number of hydrogen-bond acceptors (Lipinski definition) is 7. The summed E-state index contributed by atoms with van der Waals surface area (Å²) in [7, 11) is 0. The fourth-order valence-corrected chi connectivity index (χ4v) is 5.24. The van der Waals surface area contributed by atoms with Crippen LogP contribution in [0.5, 0.6) is 0 Å². The molecule has 7 nitrogen and oxygen atoms in total. The van der Waals surface area contributed by atoms with Crippen LogP contribution >= 0.6 is 0 Å². The lowest BCUT2D eigenvalue weighted by Crippen LogP contribution is -2.60. The molecular weight excluding hydrogens is 372 g/mol. The number of hydrogen-bond donors (Lipinski definition) is 2. The molecule has 2 fully saturated rings. The van der Waals surface area contributed by atoms with Gasteiger partial charge in [0.2, 0.25) is 0 Å². The third kappa shape index (κ3) is 6.35. The molecule has 0 aromatic rings. The van der Waals surface area contributed by atoms with Gasteiger partial charge in [0.25, 0.3) is 0 Å². The van der Waals surface area contributed by atoms with E-state index in [4.69, 9.17) is 14.2 Å². The third-order valence-corrected chi connectivity index (χ3v) is 6.36. The van der Waals surface area contributed by atoms with E-state index in [0.717, 1.165) is 25.7 Å². The van der Waals surface area contributed by atoms with Crippen LogP contribution in [0.2, 0.25) is 0 Å². The second-order valence-corrected chi connectivity index (χ2v) is 11.3. The maximum atomic E-state index is 10.4. The molecule has 7 heteroatoms. The summed E-state index contributed by atoms with van der Waals surface area (Å²) in [4.78, 5) is 0. The van der Waals surface area contributed by atoms with Gasteiger partial charge in [-0.1, -0.05) is 0 Å². The van der Waals surface area contributed by atoms with Crippen molar-refractivity contribution in [2.75, 3.05) is 26.4 Å². The van der Waals surface area contributed by atoms with E-state index in [1.807, 2.05) is 55.4 Å². The second kappa shape index (κ2) is 9.07. The molecule has 0 saturated carbocycles. The Hall–Kier alpha value is -0.280. The van der Waals surface area contributed by atoms with E-state index in [1.165, 1.54) is 10.1 Å². The van der Waals surface area contributed by atoms with Gasteiger partial charge >= 0.3 is 0 Å². The average Bonchev–Trinajstić information content (AvgIpc) is 2.55. The number of piperidine rings is 2. The van der Waals surface area contributed by atoms with Gasteiger partial charge in [-0.15, -0.1) is 0 Å². The van der Waals surface area contributed by atoms with Crippen molar-refractivity contribution >= 4 is 0 Å². The summed E-state index contributed by atoms with van der Waals surface area (Å²) in [6, 6.07) is 0. The molecule has 0 unspecified atom stereocenters. The Morgan fingerprint density at radius 1 is 0.586 bits per heavy atom. The van der Waals surface area contributed by atoms with Crippen molar-refractivity contribution in [1.29, 1.82) is 0 Å². The summed E-state index contributed by atoms with van der Waals surface area (Å²) < 4.78 is 17.8. The SMILES string of the molecule is CC1(C)CC(OCCOCCOC2CC(C)(C)N(O)C(C)(C)C2)CC(C)(C)N1O. The Bertz CT molecular complexity index is 453. The standard InChI is InChI=1S/C22H44N2O5/c1-19(2)13-17(14-20(3,4)23(19)25)28-11-9-27-10-12-29-18-15-21(5,6)24(26)22(7,8)16-18/h17-18,25-26H,9-16H2,1-8H3. The monoisotopic (exact) mass is 416 g/mol. The highest BCUT2D eigenvalue weighted by Crippen LogP contribution is 2.38. The Balaban J connectivity index is 1.62. The van der Waals surface area contributed by atoms with E-state index in [1.54, 1.807) is 0 Å². The number of ether oxygens (including phenoxy) is 3. The summed E-state index contributed by atoms with van der Waals surface area (Å²) in [6.07, 6.45) is 3.43. The van der Waals surface area contributed by atoms with Crippen LogP contribution < -0.4 is 0 Å². The Morgan fingerprint density at radius 3 is 1.14 bits per heavy atom. The minimum Gasteiger partial charge on any atom is -0.377 e. The molecule has 2 heterocycles. The van der Waals surface area contributed by atoms with Gasteiger partial charge < -0.3 is 24.6 Å². The van der Waals surface area contributed by atoms with Crippen molar-refractivity contribution in [2.24, 2.45) is 0 Å². The van der Waals surface area contributed by atoms with Gasteiger partial charge in [0.1, 0.15) is 0 Å². The average molecular weight is 417 g/mol. The molecule has 2 saturated heterocycles. The van der Waals surface area contributed by atoms with Gasteiger partial charge in [-0.25, -0.2) is 0 Å². The van der Waals surface area contributed by atoms with Gasteiger partial charge in [-0.3, -0.25) is 0 Å². The van der Waals surface area contributed by atoms with Crippen LogP contribution in [0, 0.1) is 0 Å². The summed E-state index contributed by atoms with van der Waals surface area (Å²) >= 11 is 0. The molecule has 0 aliphatic carbocycles. The first-order valence-electron chi connectivity index (χ1n) is 11.0. The van der Waals surface area contributed by atoms with Crippen molar-refractivity contribution in [3.05, 3.63) is 0 Å². The van der Waals surface area contributed by atoms with Crippen molar-refractivity contribution in [3.8, 4) is 0 Å². The van der Waals surface area contributed by atoms with Crippen molar-refractivity contribution in [1.82, 2.24) is 10.1 Å². The van der Waals surface area contributed by atoms with Crippen molar-refractivity contribution in [3.63, 3.8) is 0 Å². The molecule has 2 aliphatic heterocycles. The second-order valence-electron chi connectivity index (χ2n) is 11.3. The highest BCUT2D eigenvalue weighted by molar-refractivity contribution is 4.97. The molecule has 2 N–H and O–H groups in total. The van der Waals surface area contributed by atoms with E-state index < -0.39 is 0 Å². The van der Waals surface area contributed by atoms with E-state index in [2.05, 4.69) is 0 Å². The molecule has 0 amide bonds. The van der Waals surface area contributed by atoms with E-state index in [0.29, 0.717) is 26.4 Å². The molecule has 0 atom stereocenters. The van der Waals surface area contributed by atoms with Crippen LogP contribution in [0.4, 0.5) is 0 Å². The molecular formula is C22H44N2O5. The fourth-order valence-electron chi connectivity index (χ4n) is 5.24. The molecule has 2 aliphatic rings. The molecule has 29 heavy (non-hydrogen) atoms. The van der Waals surface area contributed by atoms with Crippen molar-refractivity contribution in [2.45, 2.75) is 115 Å². The zero-order chi connectivity index (χ0) is 22.1. The fraction of sp³-hybridized carbons (Fsp3) is 1.00. The zero-order valence-electron chi connectivity index (χ0n) is 19.8. The van der Waals surface area contributed by atoms with Gasteiger partial charge in [-0.05, 0) is 81.1 Å². The molecule has 0 aromatic carbocycles. The van der Waals surface area contributed by atoms with Crippen LogP contribution in [0.1, 0.15) is 81.1 Å². The number of nitrogens with zero attached hydrogens (tertiary/aromatic N) is 2. The highest BCUT2D eigenvalue weighted by Gasteiger charge is 2.46. The summed E-state index contributed by atoms with van der Waals surface area (Å²) in [6.45, 7) is 18.5. The smallest absolute Gasteiger partial charge is 0.0704 e. The minimum absolute atomic E-state index is 0.122. The first kappa shape index (κ1) is 25.0. The zero-order valence-corrected chi connectivity index (χ0v) is 19.8. The van der Waals surface area contributed by atoms with Crippen LogP contribution in [-0.2, 0) is 14.2 Å². The molecule has 0 radical (unpaired) electrons. The van der Waals surface area contributed by atoms with E-state index in [9.17, 15) is 10.4 Å². The Labute approximate surface area is 177 Å². The number of hydroxylamine groups is 4. The van der Waals surface area contributed by atoms with Crippen molar-refractivity contribution < 1.29 is 24.6 Å². The van der Waals surface area contributed by atoms with Crippen LogP contribution in [0.15, 0.2) is 0 Å². The number of rotatable bonds is 8. The summed E-state index contributed by atoms with van der Waals surface area (Å²) in [5.74, 6) is 0. The first-order chi connectivity index (χ1) is 13.2. The lowest BCUT2D eigenvalue weighted by molar-refractivity contribution is -0.262. The lowest BCUT2D eigenvalue weighted by Gasteiger charge is -2.51. The van der Waals surface area contributed by atoms with Crippen LogP contribution in [0.3, 0.4) is 0 Å². The predicted octanol–water partition coefficient (Wildman–Crippen LogP) is 3.86. The molecule has 172 valence electrons. The third-order valence-electron chi connectivity index (χ3n) is 6.36. The maximum absolute atomic E-state index is 10.4. The highest BCUT2D eigenvalue weighted by atomic mass is 16.6. The van der Waals surface area contributed by atoms with E-state index >= 15 is 0 Å². The van der Waals surface area contributed by atoms with Gasteiger partial charge in [-0.2, -0.15) is 10.1 Å². The lowest BCUT2D eigenvalue weighted by atomic mass is 9.80. The van der Waals surface area contributed by atoms with Gasteiger partial charge in [0, 0.05) is 22.2 Å². The molecule has 0 bridgehead atoms. The van der Waals surface area contributed by atoms with Gasteiger partial charge in [0.05, 0.1) is 38.6 Å². The largest absolute Gasteiger partial charge is 0.377 e. The summed E-state index contributed by atoms with van der Waals surface area (Å²) in [5.41, 5.74) is -1.20. The maximum Gasteiger partial charge on any atom is 0.0704 e.